The Morgan fingerprint density at radius 3 is 2.25 bits per heavy atom. The van der Waals surface area contributed by atoms with E-state index in [2.05, 4.69) is 5.32 Å². The van der Waals surface area contributed by atoms with E-state index >= 15 is 0 Å². The number of halogens is 4. The van der Waals surface area contributed by atoms with E-state index in [0.717, 1.165) is 30.5 Å². The Morgan fingerprint density at radius 1 is 0.938 bits per heavy atom. The van der Waals surface area contributed by atoms with Crippen molar-refractivity contribution in [2.45, 2.75) is 55.5 Å². The van der Waals surface area contributed by atoms with Gasteiger partial charge in [-0.3, -0.25) is 4.79 Å². The van der Waals surface area contributed by atoms with E-state index in [-0.39, 0.29) is 11.7 Å². The standard InChI is InChI=1S/C25H27F4NO2/c26-21-8-4-5-18(16-21)23(11-13-32-14-12-23)17-30-22(31)24(9-1-2-10-24)19-6-3-7-20(15-19)25(27,28)29/h3-8,15-16H,1-2,9-14,17H2,(H,30,31). The maximum Gasteiger partial charge on any atom is 0.416 e. The number of nitrogens with one attached hydrogen (secondary N) is 1. The zero-order chi connectivity index (χ0) is 22.8. The molecule has 4 rings (SSSR count). The molecule has 0 spiro atoms. The van der Waals surface area contributed by atoms with Crippen molar-refractivity contribution in [3.8, 4) is 0 Å². The fourth-order valence-electron chi connectivity index (χ4n) is 5.19. The third kappa shape index (κ3) is 4.40. The number of carbonyl (C=O) groups is 1. The van der Waals surface area contributed by atoms with Crippen molar-refractivity contribution < 1.29 is 27.1 Å². The van der Waals surface area contributed by atoms with Crippen LogP contribution in [0.4, 0.5) is 17.6 Å². The molecule has 0 aromatic heterocycles. The molecular formula is C25H27F4NO2. The molecular weight excluding hydrogens is 422 g/mol. The van der Waals surface area contributed by atoms with E-state index in [4.69, 9.17) is 4.74 Å². The van der Waals surface area contributed by atoms with Crippen LogP contribution in [0.15, 0.2) is 48.5 Å². The summed E-state index contributed by atoms with van der Waals surface area (Å²) in [4.78, 5) is 13.5. The second-order valence-corrected chi connectivity index (χ2v) is 8.95. The van der Waals surface area contributed by atoms with Crippen LogP contribution in [0, 0.1) is 5.82 Å². The maximum atomic E-state index is 13.9. The molecule has 0 bridgehead atoms. The first kappa shape index (κ1) is 22.8. The summed E-state index contributed by atoms with van der Waals surface area (Å²) >= 11 is 0. The summed E-state index contributed by atoms with van der Waals surface area (Å²) in [5, 5.41) is 3.05. The van der Waals surface area contributed by atoms with E-state index in [1.165, 1.54) is 18.2 Å². The lowest BCUT2D eigenvalue weighted by molar-refractivity contribution is -0.138. The molecule has 32 heavy (non-hydrogen) atoms. The average Bonchev–Trinajstić information content (AvgIpc) is 3.29. The first-order chi connectivity index (χ1) is 15.3. The van der Waals surface area contributed by atoms with Crippen LogP contribution in [0.2, 0.25) is 0 Å². The highest BCUT2D eigenvalue weighted by atomic mass is 19.4. The molecule has 7 heteroatoms. The average molecular weight is 449 g/mol. The van der Waals surface area contributed by atoms with Crippen LogP contribution >= 0.6 is 0 Å². The van der Waals surface area contributed by atoms with Gasteiger partial charge in [0.1, 0.15) is 5.82 Å². The Hall–Kier alpha value is -2.41. The van der Waals surface area contributed by atoms with Crippen molar-refractivity contribution in [2.75, 3.05) is 19.8 Å². The summed E-state index contributed by atoms with van der Waals surface area (Å²) in [5.74, 6) is -0.590. The Balaban J connectivity index is 1.61. The van der Waals surface area contributed by atoms with Crippen LogP contribution in [0.25, 0.3) is 0 Å². The predicted molar refractivity (Wildman–Crippen MR) is 113 cm³/mol. The van der Waals surface area contributed by atoms with Crippen LogP contribution < -0.4 is 5.32 Å². The van der Waals surface area contributed by atoms with Gasteiger partial charge in [-0.05, 0) is 55.0 Å². The fourth-order valence-corrected chi connectivity index (χ4v) is 5.19. The lowest BCUT2D eigenvalue weighted by atomic mass is 9.73. The number of carbonyl (C=O) groups excluding carboxylic acids is 1. The maximum absolute atomic E-state index is 13.9. The molecule has 1 N–H and O–H groups in total. The zero-order valence-corrected chi connectivity index (χ0v) is 17.8. The molecule has 1 heterocycles. The summed E-state index contributed by atoms with van der Waals surface area (Å²) in [7, 11) is 0. The van der Waals surface area contributed by atoms with Gasteiger partial charge in [-0.2, -0.15) is 13.2 Å². The van der Waals surface area contributed by atoms with Gasteiger partial charge >= 0.3 is 6.18 Å². The quantitative estimate of drug-likeness (QED) is 0.611. The normalized spacial score (nSPS) is 20.1. The Kier molecular flexibility index (Phi) is 6.30. The number of hydrogen-bond acceptors (Lipinski definition) is 2. The summed E-state index contributed by atoms with van der Waals surface area (Å²) in [5.41, 5.74) is -0.969. The van der Waals surface area contributed by atoms with E-state index < -0.39 is 22.6 Å². The van der Waals surface area contributed by atoms with Crippen LogP contribution in [0.1, 0.15) is 55.2 Å². The molecule has 2 aromatic carbocycles. The van der Waals surface area contributed by atoms with Gasteiger partial charge in [0.15, 0.2) is 0 Å². The minimum absolute atomic E-state index is 0.253. The van der Waals surface area contributed by atoms with E-state index in [1.807, 2.05) is 6.07 Å². The largest absolute Gasteiger partial charge is 0.416 e. The molecule has 2 aromatic rings. The van der Waals surface area contributed by atoms with Gasteiger partial charge in [0.2, 0.25) is 5.91 Å². The number of ether oxygens (including phenoxy) is 1. The number of amides is 1. The van der Waals surface area contributed by atoms with Crippen molar-refractivity contribution in [2.24, 2.45) is 0 Å². The lowest BCUT2D eigenvalue weighted by Gasteiger charge is -2.39. The van der Waals surface area contributed by atoms with Gasteiger partial charge in [0, 0.05) is 25.2 Å². The van der Waals surface area contributed by atoms with Crippen molar-refractivity contribution in [3.05, 3.63) is 71.0 Å². The molecule has 2 fully saturated rings. The van der Waals surface area contributed by atoms with Crippen molar-refractivity contribution in [1.82, 2.24) is 5.32 Å². The van der Waals surface area contributed by atoms with Crippen molar-refractivity contribution in [3.63, 3.8) is 0 Å². The summed E-state index contributed by atoms with van der Waals surface area (Å²) in [6, 6.07) is 11.5. The summed E-state index contributed by atoms with van der Waals surface area (Å²) in [6.07, 6.45) is -0.609. The highest BCUT2D eigenvalue weighted by Crippen LogP contribution is 2.43. The molecule has 2 aliphatic rings. The highest BCUT2D eigenvalue weighted by Gasteiger charge is 2.45. The fraction of sp³-hybridized carbons (Fsp3) is 0.480. The first-order valence-corrected chi connectivity index (χ1v) is 11.1. The molecule has 3 nitrogen and oxygen atoms in total. The SMILES string of the molecule is O=C(NCC1(c2cccc(F)c2)CCOCC1)C1(c2cccc(C(F)(F)F)c2)CCCC1. The minimum Gasteiger partial charge on any atom is -0.381 e. The number of hydrogen-bond donors (Lipinski definition) is 1. The van der Waals surface area contributed by atoms with Crippen LogP contribution in [-0.2, 0) is 26.5 Å². The monoisotopic (exact) mass is 449 g/mol. The van der Waals surface area contributed by atoms with Gasteiger partial charge in [0.25, 0.3) is 0 Å². The Morgan fingerprint density at radius 2 is 1.59 bits per heavy atom. The summed E-state index contributed by atoms with van der Waals surface area (Å²) in [6.45, 7) is 1.30. The zero-order valence-electron chi connectivity index (χ0n) is 17.8. The van der Waals surface area contributed by atoms with Crippen molar-refractivity contribution >= 4 is 5.91 Å². The van der Waals surface area contributed by atoms with E-state index in [0.29, 0.717) is 51.0 Å². The summed E-state index contributed by atoms with van der Waals surface area (Å²) < 4.78 is 59.3. The van der Waals surface area contributed by atoms with Gasteiger partial charge in [-0.15, -0.1) is 0 Å². The van der Waals surface area contributed by atoms with Crippen LogP contribution in [-0.4, -0.2) is 25.7 Å². The third-order valence-electron chi connectivity index (χ3n) is 7.11. The Labute approximate surface area is 185 Å². The first-order valence-electron chi connectivity index (χ1n) is 11.1. The van der Waals surface area contributed by atoms with Gasteiger partial charge in [0.05, 0.1) is 11.0 Å². The Bertz CT molecular complexity index is 960. The molecule has 1 amide bonds. The number of alkyl halides is 3. The minimum atomic E-state index is -4.46. The second-order valence-electron chi connectivity index (χ2n) is 8.95. The molecule has 0 unspecified atom stereocenters. The van der Waals surface area contributed by atoms with Crippen LogP contribution in [0.3, 0.4) is 0 Å². The topological polar surface area (TPSA) is 38.3 Å². The molecule has 1 aliphatic carbocycles. The molecule has 0 radical (unpaired) electrons. The number of rotatable bonds is 5. The molecule has 1 saturated carbocycles. The highest BCUT2D eigenvalue weighted by molar-refractivity contribution is 5.88. The smallest absolute Gasteiger partial charge is 0.381 e. The number of benzene rings is 2. The molecule has 1 saturated heterocycles. The third-order valence-corrected chi connectivity index (χ3v) is 7.11. The lowest BCUT2D eigenvalue weighted by Crippen LogP contribution is -2.50. The van der Waals surface area contributed by atoms with E-state index in [9.17, 15) is 22.4 Å². The van der Waals surface area contributed by atoms with E-state index in [1.54, 1.807) is 12.1 Å². The van der Waals surface area contributed by atoms with Crippen molar-refractivity contribution in [1.29, 1.82) is 0 Å². The predicted octanol–water partition coefficient (Wildman–Crippen LogP) is 5.52. The van der Waals surface area contributed by atoms with Gasteiger partial charge in [-0.1, -0.05) is 43.2 Å². The van der Waals surface area contributed by atoms with Gasteiger partial charge < -0.3 is 10.1 Å². The molecule has 172 valence electrons. The molecule has 1 aliphatic heterocycles. The van der Waals surface area contributed by atoms with Gasteiger partial charge in [-0.25, -0.2) is 4.39 Å². The second kappa shape index (κ2) is 8.85. The molecule has 0 atom stereocenters. The van der Waals surface area contributed by atoms with Crippen LogP contribution in [0.5, 0.6) is 0 Å².